The van der Waals surface area contributed by atoms with Crippen molar-refractivity contribution >= 4 is 23.7 Å². The molecule has 0 aliphatic carbocycles. The van der Waals surface area contributed by atoms with Gasteiger partial charge in [-0.2, -0.15) is 0 Å². The van der Waals surface area contributed by atoms with E-state index in [1.165, 1.54) is 13.8 Å². The van der Waals surface area contributed by atoms with Gasteiger partial charge in [-0.15, -0.1) is 0 Å². The number of hydrogen-bond acceptors (Lipinski definition) is 36. The van der Waals surface area contributed by atoms with E-state index in [4.69, 9.17) is 56.8 Å². The maximum Gasteiger partial charge on any atom is 0.364 e. The molecule has 6 aliphatic rings. The van der Waals surface area contributed by atoms with E-state index in [9.17, 15) is 126 Å². The maximum atomic E-state index is 13.3. The highest BCUT2D eigenvalue weighted by Gasteiger charge is 2.62. The van der Waals surface area contributed by atoms with Crippen molar-refractivity contribution in [1.29, 1.82) is 0 Å². The monoisotopic (exact) mass is 1330 g/mol. The minimum Gasteiger partial charge on any atom is -0.477 e. The largest absolute Gasteiger partial charge is 0.477 e. The number of nitrogens with one attached hydrogen (secondary N) is 3. The molecule has 40 nitrogen and oxygen atoms in total. The Morgan fingerprint density at radius 1 is 0.484 bits per heavy atom. The third kappa shape index (κ3) is 17.2. The van der Waals surface area contributed by atoms with Crippen LogP contribution in [0.5, 0.6) is 0 Å². The van der Waals surface area contributed by atoms with Gasteiger partial charge in [0.1, 0.15) is 146 Å². The van der Waals surface area contributed by atoms with Crippen molar-refractivity contribution in [3.63, 3.8) is 0 Å². The Labute approximate surface area is 516 Å². The molecule has 0 spiro atoms. The Bertz CT molecular complexity index is 2330. The molecule has 40 heteroatoms. The van der Waals surface area contributed by atoms with E-state index in [0.29, 0.717) is 0 Å². The smallest absolute Gasteiger partial charge is 0.364 e. The van der Waals surface area contributed by atoms with Crippen molar-refractivity contribution in [2.45, 2.75) is 255 Å². The molecule has 6 fully saturated rings. The summed E-state index contributed by atoms with van der Waals surface area (Å²) in [6.45, 7) is -1.80. The molecule has 3 amide bonds. The fourth-order valence-corrected chi connectivity index (χ4v) is 11.4. The van der Waals surface area contributed by atoms with Crippen LogP contribution in [0.4, 0.5) is 0 Å². The lowest BCUT2D eigenvalue weighted by atomic mass is 9.88. The highest BCUT2D eigenvalue weighted by atomic mass is 16.8. The number of ether oxygens (including phenoxy) is 12. The van der Waals surface area contributed by atoms with Crippen molar-refractivity contribution < 1.29 is 183 Å². The molecule has 0 aromatic heterocycles. The van der Waals surface area contributed by atoms with Gasteiger partial charge in [-0.3, -0.25) is 14.4 Å². The lowest BCUT2D eigenvalue weighted by Crippen LogP contribution is -2.72. The first-order valence-electron chi connectivity index (χ1n) is 28.9. The second kappa shape index (κ2) is 33.0. The van der Waals surface area contributed by atoms with E-state index in [-0.39, 0.29) is 0 Å². The molecule has 0 saturated carbocycles. The van der Waals surface area contributed by atoms with Gasteiger partial charge in [0, 0.05) is 27.2 Å². The van der Waals surface area contributed by atoms with Crippen molar-refractivity contribution in [2.75, 3.05) is 39.6 Å². The summed E-state index contributed by atoms with van der Waals surface area (Å²) >= 11 is 0. The van der Waals surface area contributed by atoms with E-state index < -0.39 is 284 Å². The second-order valence-electron chi connectivity index (χ2n) is 22.9. The number of aliphatic hydroxyl groups is 20. The van der Waals surface area contributed by atoms with Crippen LogP contribution in [0.1, 0.15) is 41.0 Å². The first kappa shape index (κ1) is 76.6. The number of aliphatic carboxylic acids is 1. The maximum absolute atomic E-state index is 13.3. The number of carbonyl (C=O) groups is 4. The van der Waals surface area contributed by atoms with Gasteiger partial charge >= 0.3 is 5.97 Å². The van der Waals surface area contributed by atoms with Crippen LogP contribution in [0.2, 0.25) is 0 Å². The summed E-state index contributed by atoms with van der Waals surface area (Å²) in [7, 11) is 0. The number of aliphatic hydroxyl groups excluding tert-OH is 20. The standard InChI is InChI=1S/C51H87N3O37/c1-13-27(67)32(72)34(74)46(80-13)85-38(18(7-55)52-15(3)61)39(21(66)9-57)86-48-36(76)43(30(70)22(10-58)82-48)89-45-26(54-17(5)63)42(88-47-35(75)33(73)28(68)14(2)81-47)40(24(12-60)84-45)87-49-37(77)44(31(71)23(11-59)83-49)91-51(50(78)79)6-19(64)25(53-16(4)62)41(90-51)29(69)20(65)8-56/h13-14,18-49,55-60,64-77H,6-12H2,1-5H3,(H,52,61)(H,53,62)(H,54,63)(H,78,79)/t13-,14-,18-,19-,20+,21+,22+,23+,24+,25+,26+,27+,28+,29+,30-,31-,32+,33+,34-,35-,36+,37+,38+,39+,40+,41+,42+,43-,44-,45-,46-,47-,48-,49-,51-/m0/s1. The van der Waals surface area contributed by atoms with Crippen LogP contribution in [0.25, 0.3) is 0 Å². The summed E-state index contributed by atoms with van der Waals surface area (Å²) in [5, 5.41) is 237. The number of carboxylic acids is 1. The SMILES string of the molecule is CC(=O)N[C@H]1[C@H](O[C@H]2[C@@H](O)[C@@H](CO)O[C@@H](O[C@@H]([C@H](O[C@@H]3O[C@@H](C)[C@@H](O)[C@@H](O)[C@@H]3O)[C@H](CO)NC(C)=O)[C@H](O)CO)[C@@H]2O)O[C@H](CO)[C@@H](O[C@@H]2O[C@H](CO)[C@H](O)[C@H](O[C@]3(C(=O)O)C[C@H](O)[C@@H](NC(C)=O)[C@H]([C@H](O)[C@H](O)CO)O3)[C@H]2O)[C@@H]1O[C@@H]1O[C@@H](C)[C@@H](O)[C@@H](O)[C@@H]1O. The predicted octanol–water partition coefficient (Wildman–Crippen LogP) is -14.9. The lowest BCUT2D eigenvalue weighted by molar-refractivity contribution is -0.398. The highest BCUT2D eigenvalue weighted by molar-refractivity contribution is 5.77. The molecule has 91 heavy (non-hydrogen) atoms. The van der Waals surface area contributed by atoms with E-state index >= 15 is 0 Å². The quantitative estimate of drug-likeness (QED) is 0.0363. The molecule has 6 saturated heterocycles. The van der Waals surface area contributed by atoms with Gasteiger partial charge in [0.05, 0.1) is 70.0 Å². The van der Waals surface area contributed by atoms with Crippen molar-refractivity contribution in [2.24, 2.45) is 0 Å². The number of hydrogen-bond donors (Lipinski definition) is 24. The zero-order valence-corrected chi connectivity index (χ0v) is 49.5. The van der Waals surface area contributed by atoms with Crippen LogP contribution in [0.15, 0.2) is 0 Å². The summed E-state index contributed by atoms with van der Waals surface area (Å²) in [4.78, 5) is 51.2. The molecule has 0 aromatic rings. The van der Waals surface area contributed by atoms with E-state index in [2.05, 4.69) is 16.0 Å². The highest BCUT2D eigenvalue weighted by Crippen LogP contribution is 2.41. The van der Waals surface area contributed by atoms with Gasteiger partial charge in [0.2, 0.25) is 17.7 Å². The molecule has 0 radical (unpaired) electrons. The summed E-state index contributed by atoms with van der Waals surface area (Å²) < 4.78 is 70.8. The minimum absolute atomic E-state index is 0.849. The van der Waals surface area contributed by atoms with Crippen LogP contribution in [-0.4, -0.2) is 385 Å². The molecule has 24 N–H and O–H groups in total. The summed E-state index contributed by atoms with van der Waals surface area (Å²) in [6.07, 6.45) is -66.1. The van der Waals surface area contributed by atoms with Gasteiger partial charge in [-0.05, 0) is 13.8 Å². The Morgan fingerprint density at radius 3 is 1.45 bits per heavy atom. The summed E-state index contributed by atoms with van der Waals surface area (Å²) in [5.74, 6) is -8.16. The van der Waals surface area contributed by atoms with E-state index in [0.717, 1.165) is 20.8 Å². The first-order chi connectivity index (χ1) is 42.7. The van der Waals surface area contributed by atoms with Crippen LogP contribution in [-0.2, 0) is 76.0 Å². The third-order valence-corrected chi connectivity index (χ3v) is 16.3. The fourth-order valence-electron chi connectivity index (χ4n) is 11.4. The van der Waals surface area contributed by atoms with Crippen LogP contribution in [0.3, 0.4) is 0 Å². The Hall–Kier alpha value is -3.40. The second-order valence-corrected chi connectivity index (χ2v) is 22.9. The average Bonchev–Trinajstić information content (AvgIpc) is 0.769. The van der Waals surface area contributed by atoms with Gasteiger partial charge < -0.3 is 180 Å². The zero-order valence-electron chi connectivity index (χ0n) is 49.5. The lowest BCUT2D eigenvalue weighted by Gasteiger charge is -2.52. The topological polar surface area (TPSA) is 640 Å². The third-order valence-electron chi connectivity index (χ3n) is 16.3. The Morgan fingerprint density at radius 2 is 0.934 bits per heavy atom. The molecule has 528 valence electrons. The average molecular weight is 1330 g/mol. The number of carbonyl (C=O) groups excluding carboxylic acids is 3. The molecule has 0 aromatic carbocycles. The molecule has 6 aliphatic heterocycles. The van der Waals surface area contributed by atoms with Crippen molar-refractivity contribution in [1.82, 2.24) is 16.0 Å². The fraction of sp³-hybridized carbons (Fsp3) is 0.922. The van der Waals surface area contributed by atoms with Crippen LogP contribution >= 0.6 is 0 Å². The number of rotatable bonds is 27. The molecule has 0 unspecified atom stereocenters. The van der Waals surface area contributed by atoms with Crippen molar-refractivity contribution in [3.8, 4) is 0 Å². The summed E-state index contributed by atoms with van der Waals surface area (Å²) in [5.41, 5.74) is 0. The Kier molecular flexibility index (Phi) is 27.8. The number of carboxylic acid groups (broad SMARTS) is 1. The van der Waals surface area contributed by atoms with Gasteiger partial charge in [0.25, 0.3) is 5.79 Å². The van der Waals surface area contributed by atoms with Gasteiger partial charge in [-0.25, -0.2) is 4.79 Å². The molecule has 6 heterocycles. The Balaban J connectivity index is 1.40. The van der Waals surface area contributed by atoms with Gasteiger partial charge in [-0.1, -0.05) is 0 Å². The molecule has 35 atom stereocenters. The number of amides is 3. The first-order valence-corrected chi connectivity index (χ1v) is 28.9. The normalized spacial score (nSPS) is 44.3. The van der Waals surface area contributed by atoms with Crippen LogP contribution in [0, 0.1) is 0 Å². The van der Waals surface area contributed by atoms with Crippen LogP contribution < -0.4 is 16.0 Å². The van der Waals surface area contributed by atoms with E-state index in [1.807, 2.05) is 0 Å². The van der Waals surface area contributed by atoms with Gasteiger partial charge in [0.15, 0.2) is 31.5 Å². The molecule has 6 rings (SSSR count). The summed E-state index contributed by atoms with van der Waals surface area (Å²) in [6, 6.07) is -5.48. The molecule has 0 bridgehead atoms. The van der Waals surface area contributed by atoms with E-state index in [1.54, 1.807) is 0 Å². The molecular formula is C51H87N3O37. The van der Waals surface area contributed by atoms with Crippen molar-refractivity contribution in [3.05, 3.63) is 0 Å². The predicted molar refractivity (Wildman–Crippen MR) is 283 cm³/mol. The molecular weight excluding hydrogens is 1250 g/mol. The zero-order chi connectivity index (χ0) is 68.0. The minimum atomic E-state index is -3.29.